The molecule has 0 radical (unpaired) electrons. The molecule has 29 heavy (non-hydrogen) atoms. The molecule has 9 heteroatoms. The number of benzene rings is 1. The second-order valence-corrected chi connectivity index (χ2v) is 7.97. The van der Waals surface area contributed by atoms with Gasteiger partial charge in [-0.15, -0.1) is 0 Å². The van der Waals surface area contributed by atoms with E-state index in [1.54, 1.807) is 20.8 Å². The second-order valence-electron chi connectivity index (χ2n) is 7.97. The molecule has 2 rings (SSSR count). The molecule has 7 nitrogen and oxygen atoms in total. The lowest BCUT2D eigenvalue weighted by atomic mass is 9.96. The van der Waals surface area contributed by atoms with E-state index < -0.39 is 35.2 Å². The highest BCUT2D eigenvalue weighted by atomic mass is 19.1. The zero-order valence-corrected chi connectivity index (χ0v) is 16.9. The van der Waals surface area contributed by atoms with Crippen molar-refractivity contribution >= 4 is 17.9 Å². The van der Waals surface area contributed by atoms with Crippen LogP contribution < -0.4 is 10.6 Å². The lowest BCUT2D eigenvalue weighted by molar-refractivity contribution is -0.126. The van der Waals surface area contributed by atoms with Crippen molar-refractivity contribution in [1.82, 2.24) is 15.5 Å². The van der Waals surface area contributed by atoms with Gasteiger partial charge in [-0.1, -0.05) is 0 Å². The van der Waals surface area contributed by atoms with E-state index in [0.29, 0.717) is 25.5 Å². The summed E-state index contributed by atoms with van der Waals surface area (Å²) in [6.07, 6.45) is 0.647. The molecule has 0 spiro atoms. The van der Waals surface area contributed by atoms with Crippen LogP contribution in [0.1, 0.15) is 44.0 Å². The molecule has 0 bridgehead atoms. The van der Waals surface area contributed by atoms with Gasteiger partial charge in [-0.3, -0.25) is 9.59 Å². The van der Waals surface area contributed by atoms with E-state index in [0.717, 1.165) is 12.1 Å². The van der Waals surface area contributed by atoms with E-state index in [2.05, 4.69) is 10.6 Å². The monoisotopic (exact) mass is 411 g/mol. The van der Waals surface area contributed by atoms with Gasteiger partial charge in [0.05, 0.1) is 5.92 Å². The summed E-state index contributed by atoms with van der Waals surface area (Å²) >= 11 is 0. The van der Waals surface area contributed by atoms with Crippen LogP contribution in [0.3, 0.4) is 0 Å². The van der Waals surface area contributed by atoms with Crippen LogP contribution in [0.25, 0.3) is 0 Å². The number of halogens is 2. The number of likely N-dealkylation sites (tertiary alicyclic amines) is 1. The molecule has 1 aromatic rings. The molecular formula is C20H27F2N3O4. The first-order chi connectivity index (χ1) is 13.5. The number of carbonyl (C=O) groups is 3. The van der Waals surface area contributed by atoms with E-state index in [9.17, 15) is 23.2 Å². The van der Waals surface area contributed by atoms with E-state index >= 15 is 0 Å². The summed E-state index contributed by atoms with van der Waals surface area (Å²) in [4.78, 5) is 37.9. The zero-order valence-electron chi connectivity index (χ0n) is 16.9. The van der Waals surface area contributed by atoms with Crippen LogP contribution in [0.2, 0.25) is 0 Å². The fraction of sp³-hybridized carbons (Fsp3) is 0.550. The lowest BCUT2D eigenvalue weighted by Crippen LogP contribution is -2.46. The average Bonchev–Trinajstić information content (AvgIpc) is 2.62. The zero-order chi connectivity index (χ0) is 21.6. The van der Waals surface area contributed by atoms with Gasteiger partial charge >= 0.3 is 6.09 Å². The Labute approximate surface area is 168 Å². The van der Waals surface area contributed by atoms with E-state index in [1.165, 1.54) is 4.90 Å². The summed E-state index contributed by atoms with van der Waals surface area (Å²) in [7, 11) is 0. The largest absolute Gasteiger partial charge is 0.444 e. The number of amides is 3. The van der Waals surface area contributed by atoms with Crippen LogP contribution in [-0.2, 0) is 9.53 Å². The summed E-state index contributed by atoms with van der Waals surface area (Å²) in [5.41, 5.74) is -0.680. The minimum atomic E-state index is -0.822. The van der Waals surface area contributed by atoms with E-state index in [1.807, 2.05) is 0 Å². The van der Waals surface area contributed by atoms with Gasteiger partial charge in [0.15, 0.2) is 0 Å². The number of nitrogens with one attached hydrogen (secondary N) is 2. The van der Waals surface area contributed by atoms with Crippen LogP contribution in [0.4, 0.5) is 13.6 Å². The SMILES string of the molecule is CC(C)(C)OC(=O)NCCNC(=O)C1CCCN(C(=O)c2cc(F)cc(F)c2)C1. The first-order valence-electron chi connectivity index (χ1n) is 9.55. The van der Waals surface area contributed by atoms with Gasteiger partial charge in [-0.2, -0.15) is 0 Å². The quantitative estimate of drug-likeness (QED) is 0.729. The Balaban J connectivity index is 1.81. The van der Waals surface area contributed by atoms with Crippen molar-refractivity contribution in [1.29, 1.82) is 0 Å². The molecule has 0 aliphatic carbocycles. The van der Waals surface area contributed by atoms with Crippen LogP contribution >= 0.6 is 0 Å². The van der Waals surface area contributed by atoms with Crippen LogP contribution in [-0.4, -0.2) is 54.6 Å². The van der Waals surface area contributed by atoms with Crippen molar-refractivity contribution in [2.75, 3.05) is 26.2 Å². The highest BCUT2D eigenvalue weighted by molar-refractivity contribution is 5.94. The Hall–Kier alpha value is -2.71. The molecule has 0 aromatic heterocycles. The molecule has 1 heterocycles. The number of carbonyl (C=O) groups excluding carboxylic acids is 3. The molecule has 1 atom stereocenters. The summed E-state index contributed by atoms with van der Waals surface area (Å²) < 4.78 is 31.8. The number of ether oxygens (including phenoxy) is 1. The van der Waals surface area contributed by atoms with Crippen molar-refractivity contribution in [3.05, 3.63) is 35.4 Å². The maximum Gasteiger partial charge on any atom is 0.407 e. The number of rotatable bonds is 5. The molecular weight excluding hydrogens is 384 g/mol. The molecule has 2 N–H and O–H groups in total. The molecule has 160 valence electrons. The van der Waals surface area contributed by atoms with Crippen molar-refractivity contribution in [3.8, 4) is 0 Å². The topological polar surface area (TPSA) is 87.7 Å². The minimum Gasteiger partial charge on any atom is -0.444 e. The van der Waals surface area contributed by atoms with E-state index in [-0.39, 0.29) is 31.1 Å². The Morgan fingerprint density at radius 3 is 2.34 bits per heavy atom. The maximum atomic E-state index is 13.4. The maximum absolute atomic E-state index is 13.4. The summed E-state index contributed by atoms with van der Waals surface area (Å²) in [5.74, 6) is -2.81. The molecule has 1 saturated heterocycles. The normalized spacial score (nSPS) is 16.9. The van der Waals surface area contributed by atoms with Gasteiger partial charge in [0.25, 0.3) is 5.91 Å². The standard InChI is InChI=1S/C20H27F2N3O4/c1-20(2,3)29-19(28)24-7-6-23-17(26)13-5-4-8-25(12-13)18(27)14-9-15(21)11-16(22)10-14/h9-11,13H,4-8,12H2,1-3H3,(H,23,26)(H,24,28). The number of hydrogen-bond donors (Lipinski definition) is 2. The summed E-state index contributed by atoms with van der Waals surface area (Å²) in [6.45, 7) is 6.27. The number of hydrogen-bond acceptors (Lipinski definition) is 4. The fourth-order valence-electron chi connectivity index (χ4n) is 3.04. The third-order valence-electron chi connectivity index (χ3n) is 4.28. The average molecular weight is 411 g/mol. The minimum absolute atomic E-state index is 0.0786. The molecule has 1 aliphatic rings. The predicted molar refractivity (Wildman–Crippen MR) is 102 cm³/mol. The Morgan fingerprint density at radius 1 is 1.10 bits per heavy atom. The van der Waals surface area contributed by atoms with Crippen molar-refractivity contribution in [2.45, 2.75) is 39.2 Å². The number of nitrogens with zero attached hydrogens (tertiary/aromatic N) is 1. The molecule has 0 saturated carbocycles. The van der Waals surface area contributed by atoms with Crippen LogP contribution in [0.5, 0.6) is 0 Å². The first kappa shape index (κ1) is 22.6. The smallest absolute Gasteiger partial charge is 0.407 e. The summed E-state index contributed by atoms with van der Waals surface area (Å²) in [5, 5.41) is 5.27. The third kappa shape index (κ3) is 7.32. The van der Waals surface area contributed by atoms with Gasteiger partial charge in [0, 0.05) is 37.8 Å². The van der Waals surface area contributed by atoms with Crippen LogP contribution in [0, 0.1) is 17.6 Å². The van der Waals surface area contributed by atoms with Gasteiger partial charge in [0.2, 0.25) is 5.91 Å². The van der Waals surface area contributed by atoms with Gasteiger partial charge in [0.1, 0.15) is 17.2 Å². The molecule has 1 aromatic carbocycles. The lowest BCUT2D eigenvalue weighted by Gasteiger charge is -2.32. The first-order valence-corrected chi connectivity index (χ1v) is 9.55. The third-order valence-corrected chi connectivity index (χ3v) is 4.28. The highest BCUT2D eigenvalue weighted by Gasteiger charge is 2.29. The van der Waals surface area contributed by atoms with Crippen molar-refractivity contribution < 1.29 is 27.9 Å². The van der Waals surface area contributed by atoms with Crippen molar-refractivity contribution in [3.63, 3.8) is 0 Å². The number of piperidine rings is 1. The van der Waals surface area contributed by atoms with Gasteiger partial charge in [-0.05, 0) is 45.7 Å². The second kappa shape index (κ2) is 9.67. The molecule has 3 amide bonds. The highest BCUT2D eigenvalue weighted by Crippen LogP contribution is 2.20. The molecule has 1 fully saturated rings. The summed E-state index contributed by atoms with van der Waals surface area (Å²) in [6, 6.07) is 2.67. The van der Waals surface area contributed by atoms with Gasteiger partial charge < -0.3 is 20.3 Å². The number of alkyl carbamates (subject to hydrolysis) is 1. The van der Waals surface area contributed by atoms with Gasteiger partial charge in [-0.25, -0.2) is 13.6 Å². The predicted octanol–water partition coefficient (Wildman–Crippen LogP) is 2.46. The molecule has 1 aliphatic heterocycles. The van der Waals surface area contributed by atoms with Crippen molar-refractivity contribution in [2.24, 2.45) is 5.92 Å². The molecule has 1 unspecified atom stereocenters. The van der Waals surface area contributed by atoms with Crippen LogP contribution in [0.15, 0.2) is 18.2 Å². The Morgan fingerprint density at radius 2 is 1.72 bits per heavy atom. The Kier molecular flexibility index (Phi) is 7.53. The van der Waals surface area contributed by atoms with E-state index in [4.69, 9.17) is 4.74 Å². The fourth-order valence-corrected chi connectivity index (χ4v) is 3.04. The Bertz CT molecular complexity index is 744.